The predicted octanol–water partition coefficient (Wildman–Crippen LogP) is 1.89. The summed E-state index contributed by atoms with van der Waals surface area (Å²) in [7, 11) is 0. The first kappa shape index (κ1) is 30.1. The number of carbonyl (C=O) groups excluding carboxylic acids is 3. The molecule has 0 aliphatic carbocycles. The van der Waals surface area contributed by atoms with E-state index < -0.39 is 24.0 Å². The minimum atomic E-state index is -1.30. The quantitative estimate of drug-likeness (QED) is 0.142. The minimum Gasteiger partial charge on any atom is -0.391 e. The zero-order valence-corrected chi connectivity index (χ0v) is 22.2. The number of likely N-dealkylation sites (N-methyl/N-ethyl adjacent to an activating group) is 1. The number of quaternary nitrogens is 1. The van der Waals surface area contributed by atoms with Crippen LogP contribution in [0.3, 0.4) is 0 Å². The van der Waals surface area contributed by atoms with Crippen LogP contribution in [0.2, 0.25) is 0 Å². The Morgan fingerprint density at radius 2 is 1.37 bits per heavy atom. The van der Waals surface area contributed by atoms with Crippen molar-refractivity contribution in [2.75, 3.05) is 31.5 Å². The molecule has 0 radical (unpaired) electrons. The summed E-state index contributed by atoms with van der Waals surface area (Å²) in [6.07, 6.45) is -1.20. The molecule has 2 aromatic rings. The SMILES string of the molecule is CC[N+](CC)(CC)CC(=O)Nc1ccc(C#CC#Cc2ccc(C(=O)N[C@H](C(=O)NO)[C@@H](C)O)cc2)cc1. The van der Waals surface area contributed by atoms with Crippen molar-refractivity contribution in [2.45, 2.75) is 39.8 Å². The molecule has 200 valence electrons. The monoisotopic (exact) mass is 519 g/mol. The fraction of sp³-hybridized carbons (Fsp3) is 0.345. The summed E-state index contributed by atoms with van der Waals surface area (Å²) >= 11 is 0. The lowest BCUT2D eigenvalue weighted by molar-refractivity contribution is -0.915. The molecule has 2 rings (SSSR count). The number of hydroxylamine groups is 1. The fourth-order valence-electron chi connectivity index (χ4n) is 3.76. The van der Waals surface area contributed by atoms with Crippen molar-refractivity contribution < 1.29 is 29.2 Å². The van der Waals surface area contributed by atoms with Gasteiger partial charge in [-0.2, -0.15) is 0 Å². The number of nitrogens with zero attached hydrogens (tertiary/aromatic N) is 1. The van der Waals surface area contributed by atoms with E-state index in [0.29, 0.717) is 17.8 Å². The van der Waals surface area contributed by atoms with Crippen LogP contribution in [-0.2, 0) is 9.59 Å². The van der Waals surface area contributed by atoms with E-state index in [2.05, 4.69) is 55.1 Å². The summed E-state index contributed by atoms with van der Waals surface area (Å²) < 4.78 is 0.747. The Labute approximate surface area is 223 Å². The molecule has 0 aliphatic heterocycles. The van der Waals surface area contributed by atoms with Gasteiger partial charge in [-0.15, -0.1) is 0 Å². The molecule has 0 aromatic heterocycles. The lowest BCUT2D eigenvalue weighted by atomic mass is 10.1. The highest BCUT2D eigenvalue weighted by Crippen LogP contribution is 2.11. The molecule has 5 N–H and O–H groups in total. The Hall–Kier alpha value is -4.15. The van der Waals surface area contributed by atoms with Gasteiger partial charge in [0.1, 0.15) is 6.04 Å². The van der Waals surface area contributed by atoms with Gasteiger partial charge in [-0.3, -0.25) is 19.6 Å². The maximum absolute atomic E-state index is 12.5. The smallest absolute Gasteiger partial charge is 0.279 e. The van der Waals surface area contributed by atoms with Crippen molar-refractivity contribution in [3.05, 3.63) is 65.2 Å². The predicted molar refractivity (Wildman–Crippen MR) is 145 cm³/mol. The van der Waals surface area contributed by atoms with Crippen molar-refractivity contribution in [2.24, 2.45) is 0 Å². The highest BCUT2D eigenvalue weighted by Gasteiger charge is 2.26. The number of hydrogen-bond acceptors (Lipinski definition) is 5. The zero-order valence-electron chi connectivity index (χ0n) is 22.2. The van der Waals surface area contributed by atoms with E-state index in [4.69, 9.17) is 5.21 Å². The summed E-state index contributed by atoms with van der Waals surface area (Å²) in [5.74, 6) is 9.87. The van der Waals surface area contributed by atoms with Gasteiger partial charge < -0.3 is 20.2 Å². The molecule has 0 aliphatic rings. The normalized spacial score (nSPS) is 12.1. The van der Waals surface area contributed by atoms with E-state index in [0.717, 1.165) is 29.7 Å². The van der Waals surface area contributed by atoms with Crippen LogP contribution in [0.4, 0.5) is 5.69 Å². The molecule has 0 spiro atoms. The van der Waals surface area contributed by atoms with Crippen molar-refractivity contribution in [3.63, 3.8) is 0 Å². The van der Waals surface area contributed by atoms with E-state index in [9.17, 15) is 19.5 Å². The zero-order chi connectivity index (χ0) is 28.1. The third-order valence-corrected chi connectivity index (χ3v) is 6.45. The first-order valence-electron chi connectivity index (χ1n) is 12.5. The van der Waals surface area contributed by atoms with Gasteiger partial charge in [-0.05, 0) is 88.1 Å². The average molecular weight is 520 g/mol. The van der Waals surface area contributed by atoms with Crippen molar-refractivity contribution in [3.8, 4) is 23.7 Å². The van der Waals surface area contributed by atoms with Crippen molar-refractivity contribution in [1.82, 2.24) is 10.8 Å². The molecule has 0 saturated heterocycles. The molecule has 9 heteroatoms. The van der Waals surface area contributed by atoms with Crippen LogP contribution in [0.5, 0.6) is 0 Å². The van der Waals surface area contributed by atoms with Crippen LogP contribution < -0.4 is 16.1 Å². The van der Waals surface area contributed by atoms with Crippen LogP contribution in [0.1, 0.15) is 49.2 Å². The summed E-state index contributed by atoms with van der Waals surface area (Å²) in [5.41, 5.74) is 3.78. The third kappa shape index (κ3) is 8.75. The van der Waals surface area contributed by atoms with Gasteiger partial charge in [-0.1, -0.05) is 11.8 Å². The molecule has 0 saturated carbocycles. The van der Waals surface area contributed by atoms with Gasteiger partial charge in [0, 0.05) is 22.4 Å². The number of benzene rings is 2. The van der Waals surface area contributed by atoms with E-state index in [1.165, 1.54) is 24.5 Å². The van der Waals surface area contributed by atoms with Gasteiger partial charge in [0.05, 0.1) is 25.7 Å². The molecule has 38 heavy (non-hydrogen) atoms. The van der Waals surface area contributed by atoms with Gasteiger partial charge in [0.25, 0.3) is 17.7 Å². The number of aliphatic hydroxyl groups is 1. The maximum Gasteiger partial charge on any atom is 0.279 e. The van der Waals surface area contributed by atoms with Gasteiger partial charge in [0.15, 0.2) is 6.54 Å². The van der Waals surface area contributed by atoms with E-state index in [1.54, 1.807) is 12.1 Å². The summed E-state index contributed by atoms with van der Waals surface area (Å²) in [4.78, 5) is 36.4. The number of carbonyl (C=O) groups is 3. The van der Waals surface area contributed by atoms with Gasteiger partial charge in [0.2, 0.25) is 0 Å². The highest BCUT2D eigenvalue weighted by molar-refractivity contribution is 5.97. The number of amides is 3. The molecule has 9 nitrogen and oxygen atoms in total. The second kappa shape index (κ2) is 14.6. The Morgan fingerprint density at radius 1 is 0.868 bits per heavy atom. The lowest BCUT2D eigenvalue weighted by Gasteiger charge is -2.34. The van der Waals surface area contributed by atoms with Gasteiger partial charge in [-0.25, -0.2) is 5.48 Å². The molecule has 2 aromatic carbocycles. The summed E-state index contributed by atoms with van der Waals surface area (Å²) in [5, 5.41) is 23.7. The molecule has 0 fully saturated rings. The third-order valence-electron chi connectivity index (χ3n) is 6.45. The number of aliphatic hydroxyl groups excluding tert-OH is 1. The molecular weight excluding hydrogens is 484 g/mol. The standard InChI is InChI=1S/C29H34N4O5/c1-5-33(6-2,7-3)20-26(35)30-25-18-14-23(15-19-25)11-9-8-10-22-12-16-24(17-13-22)28(36)31-27(21(4)34)29(37)32-38/h12-19,21,27,34H,5-7,20H2,1-4H3,(H3-,30,31,32,35,36,37,38)/p+1/t21-,27+/m1/s1. The lowest BCUT2D eigenvalue weighted by Crippen LogP contribution is -2.51. The average Bonchev–Trinajstić information content (AvgIpc) is 2.93. The summed E-state index contributed by atoms with van der Waals surface area (Å²) in [6.45, 7) is 10.8. The van der Waals surface area contributed by atoms with Gasteiger partial charge >= 0.3 is 0 Å². The van der Waals surface area contributed by atoms with Crippen molar-refractivity contribution >= 4 is 23.4 Å². The number of rotatable bonds is 10. The second-order valence-electron chi connectivity index (χ2n) is 8.82. The molecule has 0 bridgehead atoms. The Kier molecular flexibility index (Phi) is 11.5. The first-order chi connectivity index (χ1) is 18.2. The molecule has 0 unspecified atom stereocenters. The van der Waals surface area contributed by atoms with Crippen LogP contribution >= 0.6 is 0 Å². The van der Waals surface area contributed by atoms with Crippen LogP contribution in [-0.4, -0.2) is 70.8 Å². The molecular formula is C29H35N4O5+. The largest absolute Gasteiger partial charge is 0.391 e. The van der Waals surface area contributed by atoms with E-state index in [-0.39, 0.29) is 11.5 Å². The fourth-order valence-corrected chi connectivity index (χ4v) is 3.76. The van der Waals surface area contributed by atoms with Crippen LogP contribution in [0.25, 0.3) is 0 Å². The number of hydrogen-bond donors (Lipinski definition) is 5. The second-order valence-corrected chi connectivity index (χ2v) is 8.82. The Morgan fingerprint density at radius 3 is 1.82 bits per heavy atom. The highest BCUT2D eigenvalue weighted by atomic mass is 16.5. The first-order valence-corrected chi connectivity index (χ1v) is 12.5. The summed E-state index contributed by atoms with van der Waals surface area (Å²) in [6, 6.07) is 12.3. The Balaban J connectivity index is 1.96. The molecule has 3 amide bonds. The van der Waals surface area contributed by atoms with Crippen LogP contribution in [0, 0.1) is 23.7 Å². The van der Waals surface area contributed by atoms with Crippen molar-refractivity contribution in [1.29, 1.82) is 0 Å². The topological polar surface area (TPSA) is 128 Å². The minimum absolute atomic E-state index is 0.0119. The number of nitrogens with one attached hydrogen (secondary N) is 3. The Bertz CT molecular complexity index is 1220. The maximum atomic E-state index is 12.5. The number of anilines is 1. The van der Waals surface area contributed by atoms with Crippen LogP contribution in [0.15, 0.2) is 48.5 Å². The van der Waals surface area contributed by atoms with E-state index >= 15 is 0 Å². The molecule has 0 heterocycles. The van der Waals surface area contributed by atoms with E-state index in [1.807, 2.05) is 24.3 Å². The molecule has 2 atom stereocenters.